The van der Waals surface area contributed by atoms with Gasteiger partial charge in [0.05, 0.1) is 22.8 Å². The first kappa shape index (κ1) is 13.7. The molecule has 0 aliphatic rings. The van der Waals surface area contributed by atoms with Gasteiger partial charge in [0.25, 0.3) is 0 Å². The molecule has 2 aromatic rings. The fourth-order valence-corrected chi connectivity index (χ4v) is 2.46. The lowest BCUT2D eigenvalue weighted by Crippen LogP contribution is -1.99. The molecular weight excluding hydrogens is 272 g/mol. The number of aromatic carboxylic acids is 1. The van der Waals surface area contributed by atoms with Crippen LogP contribution < -0.4 is 0 Å². The van der Waals surface area contributed by atoms with E-state index < -0.39 is 5.97 Å². The van der Waals surface area contributed by atoms with Gasteiger partial charge in [-0.25, -0.2) is 4.79 Å². The van der Waals surface area contributed by atoms with Crippen molar-refractivity contribution in [3.05, 3.63) is 59.2 Å². The minimum absolute atomic E-state index is 0.00308. The highest BCUT2D eigenvalue weighted by atomic mass is 32.2. The highest BCUT2D eigenvalue weighted by molar-refractivity contribution is 7.99. The van der Waals surface area contributed by atoms with Gasteiger partial charge in [-0.3, -0.25) is 0 Å². The summed E-state index contributed by atoms with van der Waals surface area (Å²) >= 11 is 1.40. The summed E-state index contributed by atoms with van der Waals surface area (Å²) in [5, 5.41) is 26.6. The zero-order chi connectivity index (χ0) is 14.5. The van der Waals surface area contributed by atoms with Gasteiger partial charge in [-0.05, 0) is 42.5 Å². The van der Waals surface area contributed by atoms with Crippen molar-refractivity contribution in [3.8, 4) is 12.1 Å². The Hall–Kier alpha value is -2.76. The Bertz CT molecular complexity index is 740. The molecule has 0 heterocycles. The van der Waals surface area contributed by atoms with Crippen LogP contribution >= 0.6 is 11.8 Å². The maximum atomic E-state index is 10.9. The Kier molecular flexibility index (Phi) is 4.05. The zero-order valence-electron chi connectivity index (χ0n) is 10.2. The van der Waals surface area contributed by atoms with E-state index in [0.29, 0.717) is 5.56 Å². The molecule has 0 radical (unpaired) electrons. The van der Waals surface area contributed by atoms with Crippen LogP contribution in [0.5, 0.6) is 0 Å². The topological polar surface area (TPSA) is 84.9 Å². The fraction of sp³-hybridized carbons (Fsp3) is 0. The molecule has 2 rings (SSSR count). The van der Waals surface area contributed by atoms with Crippen molar-refractivity contribution in [2.24, 2.45) is 0 Å². The lowest BCUT2D eigenvalue weighted by Gasteiger charge is -2.04. The molecule has 0 aliphatic heterocycles. The molecule has 0 aromatic heterocycles. The maximum absolute atomic E-state index is 10.9. The zero-order valence-corrected chi connectivity index (χ0v) is 11.0. The van der Waals surface area contributed by atoms with Crippen LogP contribution in [0.25, 0.3) is 0 Å². The molecule has 0 amide bonds. The average Bonchev–Trinajstić information content (AvgIpc) is 2.47. The molecule has 0 saturated heterocycles. The van der Waals surface area contributed by atoms with E-state index >= 15 is 0 Å². The molecule has 0 bridgehead atoms. The Morgan fingerprint density at radius 2 is 1.65 bits per heavy atom. The summed E-state index contributed by atoms with van der Waals surface area (Å²) in [6, 6.07) is 15.6. The van der Waals surface area contributed by atoms with Gasteiger partial charge in [-0.2, -0.15) is 10.5 Å². The van der Waals surface area contributed by atoms with E-state index in [-0.39, 0.29) is 11.1 Å². The fourth-order valence-electron chi connectivity index (χ4n) is 1.60. The predicted molar refractivity (Wildman–Crippen MR) is 73.4 cm³/mol. The van der Waals surface area contributed by atoms with Crippen LogP contribution in [0.3, 0.4) is 0 Å². The van der Waals surface area contributed by atoms with Gasteiger partial charge in [-0.1, -0.05) is 11.8 Å². The van der Waals surface area contributed by atoms with Crippen LogP contribution in [0.1, 0.15) is 21.5 Å². The Morgan fingerprint density at radius 3 is 2.20 bits per heavy atom. The number of nitriles is 2. The largest absolute Gasteiger partial charge is 0.478 e. The van der Waals surface area contributed by atoms with Crippen molar-refractivity contribution in [2.75, 3.05) is 0 Å². The van der Waals surface area contributed by atoms with Gasteiger partial charge in [-0.15, -0.1) is 0 Å². The molecule has 0 saturated carbocycles. The van der Waals surface area contributed by atoms with E-state index in [1.54, 1.807) is 36.4 Å². The smallest absolute Gasteiger partial charge is 0.337 e. The number of rotatable bonds is 3. The molecule has 2 aromatic carbocycles. The van der Waals surface area contributed by atoms with Gasteiger partial charge in [0.15, 0.2) is 0 Å². The predicted octanol–water partition coefficient (Wildman–Crippen LogP) is 3.28. The monoisotopic (exact) mass is 280 g/mol. The molecule has 1 N–H and O–H groups in total. The number of carbonyl (C=O) groups is 1. The number of hydrogen-bond donors (Lipinski definition) is 1. The van der Waals surface area contributed by atoms with Crippen LogP contribution in [0.15, 0.2) is 52.3 Å². The second-order valence-corrected chi connectivity index (χ2v) is 5.01. The number of carboxylic acids is 1. The number of benzene rings is 2. The van der Waals surface area contributed by atoms with Crippen molar-refractivity contribution in [1.29, 1.82) is 10.5 Å². The lowest BCUT2D eigenvalue weighted by atomic mass is 10.1. The van der Waals surface area contributed by atoms with Crippen molar-refractivity contribution in [2.45, 2.75) is 9.79 Å². The highest BCUT2D eigenvalue weighted by Gasteiger charge is 2.10. The summed E-state index contributed by atoms with van der Waals surface area (Å²) in [6.45, 7) is 0. The van der Waals surface area contributed by atoms with Gasteiger partial charge in [0.1, 0.15) is 6.07 Å². The molecule has 4 nitrogen and oxygen atoms in total. The van der Waals surface area contributed by atoms with E-state index in [9.17, 15) is 4.79 Å². The molecular formula is C15H8N2O2S. The summed E-state index contributed by atoms with van der Waals surface area (Å²) in [4.78, 5) is 12.6. The van der Waals surface area contributed by atoms with E-state index in [0.717, 1.165) is 9.79 Å². The molecule has 0 spiro atoms. The quantitative estimate of drug-likeness (QED) is 0.932. The van der Waals surface area contributed by atoms with E-state index in [2.05, 4.69) is 0 Å². The van der Waals surface area contributed by atoms with E-state index in [1.165, 1.54) is 17.8 Å². The van der Waals surface area contributed by atoms with Crippen molar-refractivity contribution >= 4 is 17.7 Å². The van der Waals surface area contributed by atoms with Crippen molar-refractivity contribution < 1.29 is 9.90 Å². The first-order valence-corrected chi connectivity index (χ1v) is 6.41. The standard InChI is InChI=1S/C15H8N2O2S/c16-8-10-1-3-12(4-2-10)20-13-5-6-14(15(18)19)11(7-13)9-17/h1-7H,(H,18,19). The summed E-state index contributed by atoms with van der Waals surface area (Å²) < 4.78 is 0. The summed E-state index contributed by atoms with van der Waals surface area (Å²) in [6.07, 6.45) is 0. The average molecular weight is 280 g/mol. The molecule has 96 valence electrons. The van der Waals surface area contributed by atoms with Crippen molar-refractivity contribution in [3.63, 3.8) is 0 Å². The Labute approximate surface area is 119 Å². The normalized spacial score (nSPS) is 9.50. The molecule has 0 aliphatic carbocycles. The molecule has 0 unspecified atom stereocenters. The maximum Gasteiger partial charge on any atom is 0.337 e. The molecule has 5 heteroatoms. The third kappa shape index (κ3) is 2.97. The first-order chi connectivity index (χ1) is 9.63. The molecule has 0 fully saturated rings. The van der Waals surface area contributed by atoms with E-state index in [4.69, 9.17) is 15.6 Å². The minimum atomic E-state index is -1.11. The number of hydrogen-bond acceptors (Lipinski definition) is 4. The Morgan fingerprint density at radius 1 is 1.00 bits per heavy atom. The third-order valence-electron chi connectivity index (χ3n) is 2.56. The van der Waals surface area contributed by atoms with Crippen molar-refractivity contribution in [1.82, 2.24) is 0 Å². The molecule has 0 atom stereocenters. The van der Waals surface area contributed by atoms with Gasteiger partial charge >= 0.3 is 5.97 Å². The van der Waals surface area contributed by atoms with Crippen LogP contribution in [0, 0.1) is 22.7 Å². The summed E-state index contributed by atoms with van der Waals surface area (Å²) in [7, 11) is 0. The van der Waals surface area contributed by atoms with Crippen LogP contribution in [0.2, 0.25) is 0 Å². The summed E-state index contributed by atoms with van der Waals surface area (Å²) in [5.74, 6) is -1.11. The van der Waals surface area contributed by atoms with Crippen LogP contribution in [0.4, 0.5) is 0 Å². The minimum Gasteiger partial charge on any atom is -0.478 e. The highest BCUT2D eigenvalue weighted by Crippen LogP contribution is 2.29. The van der Waals surface area contributed by atoms with Gasteiger partial charge in [0.2, 0.25) is 0 Å². The number of nitrogens with zero attached hydrogens (tertiary/aromatic N) is 2. The second kappa shape index (κ2) is 5.92. The lowest BCUT2D eigenvalue weighted by molar-refractivity contribution is 0.0696. The van der Waals surface area contributed by atoms with Crippen LogP contribution in [-0.4, -0.2) is 11.1 Å². The van der Waals surface area contributed by atoms with Gasteiger partial charge < -0.3 is 5.11 Å². The first-order valence-electron chi connectivity index (χ1n) is 5.59. The Balaban J connectivity index is 2.28. The van der Waals surface area contributed by atoms with Gasteiger partial charge in [0, 0.05) is 9.79 Å². The number of carboxylic acid groups (broad SMARTS) is 1. The third-order valence-corrected chi connectivity index (χ3v) is 3.56. The summed E-state index contributed by atoms with van der Waals surface area (Å²) in [5.41, 5.74) is 0.709. The second-order valence-electron chi connectivity index (χ2n) is 3.86. The SMILES string of the molecule is N#Cc1ccc(Sc2ccc(C(=O)O)c(C#N)c2)cc1. The van der Waals surface area contributed by atoms with E-state index in [1.807, 2.05) is 12.1 Å². The van der Waals surface area contributed by atoms with Crippen LogP contribution in [-0.2, 0) is 0 Å². The molecule has 20 heavy (non-hydrogen) atoms.